The van der Waals surface area contributed by atoms with Crippen LogP contribution in [-0.4, -0.2) is 48.7 Å². The average molecular weight is 307 g/mol. The molecule has 1 aromatic carbocycles. The number of amides is 1. The van der Waals surface area contributed by atoms with E-state index in [9.17, 15) is 14.7 Å². The molecule has 0 spiro atoms. The number of piperidine rings is 1. The zero-order valence-corrected chi connectivity index (χ0v) is 13.0. The standard InChI is InChI=1S/C16H21NO5/c1-10-7-8-11(16(19)20)9-17(10)15(18)12-5-4-6-13(21-2)14(12)22-3/h4-6,10-11H,7-9H2,1-3H3,(H,19,20). The minimum atomic E-state index is -0.859. The van der Waals surface area contributed by atoms with Gasteiger partial charge in [-0.3, -0.25) is 9.59 Å². The molecule has 1 aromatic rings. The molecule has 0 radical (unpaired) electrons. The van der Waals surface area contributed by atoms with Crippen molar-refractivity contribution >= 4 is 11.9 Å². The maximum absolute atomic E-state index is 12.8. The van der Waals surface area contributed by atoms with E-state index in [2.05, 4.69) is 0 Å². The predicted molar refractivity (Wildman–Crippen MR) is 80.4 cm³/mol. The topological polar surface area (TPSA) is 76.1 Å². The Morgan fingerprint density at radius 2 is 1.95 bits per heavy atom. The van der Waals surface area contributed by atoms with Crippen LogP contribution < -0.4 is 9.47 Å². The summed E-state index contributed by atoms with van der Waals surface area (Å²) in [5.74, 6) is -0.749. The van der Waals surface area contributed by atoms with Crippen LogP contribution in [0, 0.1) is 5.92 Å². The molecule has 0 aromatic heterocycles. The molecule has 1 heterocycles. The largest absolute Gasteiger partial charge is 0.493 e. The van der Waals surface area contributed by atoms with Gasteiger partial charge in [0.15, 0.2) is 11.5 Å². The Morgan fingerprint density at radius 3 is 2.55 bits per heavy atom. The fourth-order valence-electron chi connectivity index (χ4n) is 2.80. The van der Waals surface area contributed by atoms with Crippen LogP contribution in [0.5, 0.6) is 11.5 Å². The summed E-state index contributed by atoms with van der Waals surface area (Å²) >= 11 is 0. The second-order valence-electron chi connectivity index (χ2n) is 5.46. The van der Waals surface area contributed by atoms with Crippen molar-refractivity contribution in [2.45, 2.75) is 25.8 Å². The highest BCUT2D eigenvalue weighted by molar-refractivity contribution is 5.98. The average Bonchev–Trinajstić information content (AvgIpc) is 2.53. The van der Waals surface area contributed by atoms with Crippen molar-refractivity contribution in [3.05, 3.63) is 23.8 Å². The number of methoxy groups -OCH3 is 2. The molecule has 6 heteroatoms. The molecule has 1 amide bonds. The molecular weight excluding hydrogens is 286 g/mol. The lowest BCUT2D eigenvalue weighted by atomic mass is 9.93. The Kier molecular flexibility index (Phi) is 4.90. The monoisotopic (exact) mass is 307 g/mol. The van der Waals surface area contributed by atoms with Gasteiger partial charge in [-0.1, -0.05) is 6.07 Å². The van der Waals surface area contributed by atoms with E-state index < -0.39 is 11.9 Å². The highest BCUT2D eigenvalue weighted by Gasteiger charge is 2.34. The smallest absolute Gasteiger partial charge is 0.308 e. The quantitative estimate of drug-likeness (QED) is 0.921. The van der Waals surface area contributed by atoms with E-state index in [0.29, 0.717) is 29.9 Å². The van der Waals surface area contributed by atoms with E-state index in [4.69, 9.17) is 9.47 Å². The highest BCUT2D eigenvalue weighted by atomic mass is 16.5. The number of carboxylic acid groups (broad SMARTS) is 1. The highest BCUT2D eigenvalue weighted by Crippen LogP contribution is 2.33. The number of nitrogens with zero attached hydrogens (tertiary/aromatic N) is 1. The molecule has 2 atom stereocenters. The molecule has 1 aliphatic rings. The van der Waals surface area contributed by atoms with E-state index in [1.165, 1.54) is 14.2 Å². The molecule has 2 rings (SSSR count). The van der Waals surface area contributed by atoms with Crippen LogP contribution in [0.4, 0.5) is 0 Å². The maximum atomic E-state index is 12.8. The Hall–Kier alpha value is -2.24. The Labute approximate surface area is 129 Å². The first-order valence-electron chi connectivity index (χ1n) is 7.24. The van der Waals surface area contributed by atoms with Gasteiger partial charge in [-0.25, -0.2) is 0 Å². The van der Waals surface area contributed by atoms with Crippen LogP contribution >= 0.6 is 0 Å². The molecule has 1 fully saturated rings. The van der Waals surface area contributed by atoms with E-state index >= 15 is 0 Å². The molecule has 22 heavy (non-hydrogen) atoms. The van der Waals surface area contributed by atoms with Gasteiger partial charge in [0.05, 0.1) is 25.7 Å². The third kappa shape index (κ3) is 3.00. The number of hydrogen-bond donors (Lipinski definition) is 1. The summed E-state index contributed by atoms with van der Waals surface area (Å²) < 4.78 is 10.5. The lowest BCUT2D eigenvalue weighted by Gasteiger charge is -2.36. The van der Waals surface area contributed by atoms with Crippen molar-refractivity contribution in [3.63, 3.8) is 0 Å². The van der Waals surface area contributed by atoms with Crippen molar-refractivity contribution in [3.8, 4) is 11.5 Å². The Bertz CT molecular complexity index is 572. The van der Waals surface area contributed by atoms with Crippen molar-refractivity contribution in [2.24, 2.45) is 5.92 Å². The van der Waals surface area contributed by atoms with E-state index in [1.807, 2.05) is 6.92 Å². The number of rotatable bonds is 4. The van der Waals surface area contributed by atoms with Crippen molar-refractivity contribution in [1.82, 2.24) is 4.90 Å². The van der Waals surface area contributed by atoms with Gasteiger partial charge in [-0.2, -0.15) is 0 Å². The third-order valence-electron chi connectivity index (χ3n) is 4.13. The molecular formula is C16H21NO5. The summed E-state index contributed by atoms with van der Waals surface area (Å²) in [4.78, 5) is 25.6. The lowest BCUT2D eigenvalue weighted by molar-refractivity contribution is -0.143. The summed E-state index contributed by atoms with van der Waals surface area (Å²) in [5.41, 5.74) is 0.389. The van der Waals surface area contributed by atoms with Crippen LogP contribution in [0.1, 0.15) is 30.1 Å². The number of hydrogen-bond acceptors (Lipinski definition) is 4. The first kappa shape index (κ1) is 16.1. The molecule has 0 saturated carbocycles. The number of carbonyl (C=O) groups excluding carboxylic acids is 1. The number of carbonyl (C=O) groups is 2. The van der Waals surface area contributed by atoms with E-state index in [1.54, 1.807) is 23.1 Å². The first-order chi connectivity index (χ1) is 10.5. The first-order valence-corrected chi connectivity index (χ1v) is 7.24. The molecule has 0 aliphatic carbocycles. The van der Waals surface area contributed by atoms with Crippen molar-refractivity contribution < 1.29 is 24.2 Å². The van der Waals surface area contributed by atoms with Gasteiger partial charge in [0.25, 0.3) is 5.91 Å². The van der Waals surface area contributed by atoms with Crippen LogP contribution in [0.3, 0.4) is 0 Å². The lowest BCUT2D eigenvalue weighted by Crippen LogP contribution is -2.47. The van der Waals surface area contributed by atoms with Crippen molar-refractivity contribution in [2.75, 3.05) is 20.8 Å². The van der Waals surface area contributed by atoms with E-state index in [-0.39, 0.29) is 18.5 Å². The SMILES string of the molecule is COc1cccc(C(=O)N2CC(C(=O)O)CCC2C)c1OC. The van der Waals surface area contributed by atoms with Crippen LogP contribution in [0.2, 0.25) is 0 Å². The predicted octanol–water partition coefficient (Wildman–Crippen LogP) is 2.03. The number of aliphatic carboxylic acids is 1. The second kappa shape index (κ2) is 6.68. The molecule has 0 bridgehead atoms. The normalized spacial score (nSPS) is 21.3. The summed E-state index contributed by atoms with van der Waals surface area (Å²) in [6, 6.07) is 5.10. The number of para-hydroxylation sites is 1. The summed E-state index contributed by atoms with van der Waals surface area (Å²) in [5, 5.41) is 9.19. The van der Waals surface area contributed by atoms with Gasteiger partial charge in [-0.05, 0) is 31.9 Å². The van der Waals surface area contributed by atoms with Gasteiger partial charge in [0.2, 0.25) is 0 Å². The van der Waals surface area contributed by atoms with Gasteiger partial charge in [0, 0.05) is 12.6 Å². The van der Waals surface area contributed by atoms with Crippen LogP contribution in [0.15, 0.2) is 18.2 Å². The fourth-order valence-corrected chi connectivity index (χ4v) is 2.80. The second-order valence-corrected chi connectivity index (χ2v) is 5.46. The fraction of sp³-hybridized carbons (Fsp3) is 0.500. The molecule has 1 saturated heterocycles. The maximum Gasteiger partial charge on any atom is 0.308 e. The number of carboxylic acids is 1. The minimum Gasteiger partial charge on any atom is -0.493 e. The van der Waals surface area contributed by atoms with Crippen molar-refractivity contribution in [1.29, 1.82) is 0 Å². The number of benzene rings is 1. The molecule has 2 unspecified atom stereocenters. The van der Waals surface area contributed by atoms with Gasteiger partial charge >= 0.3 is 5.97 Å². The zero-order valence-electron chi connectivity index (χ0n) is 13.0. The molecule has 120 valence electrons. The summed E-state index contributed by atoms with van der Waals surface area (Å²) in [6.45, 7) is 2.15. The summed E-state index contributed by atoms with van der Waals surface area (Å²) in [6.07, 6.45) is 1.27. The van der Waals surface area contributed by atoms with Gasteiger partial charge in [0.1, 0.15) is 0 Å². The van der Waals surface area contributed by atoms with Crippen LogP contribution in [0.25, 0.3) is 0 Å². The number of ether oxygens (including phenoxy) is 2. The molecule has 1 aliphatic heterocycles. The van der Waals surface area contributed by atoms with E-state index in [0.717, 1.165) is 0 Å². The third-order valence-corrected chi connectivity index (χ3v) is 4.13. The number of likely N-dealkylation sites (tertiary alicyclic amines) is 1. The zero-order chi connectivity index (χ0) is 16.3. The van der Waals surface area contributed by atoms with Gasteiger partial charge < -0.3 is 19.5 Å². The molecule has 1 N–H and O–H groups in total. The Morgan fingerprint density at radius 1 is 1.23 bits per heavy atom. The van der Waals surface area contributed by atoms with Crippen LogP contribution in [-0.2, 0) is 4.79 Å². The summed E-state index contributed by atoms with van der Waals surface area (Å²) in [7, 11) is 2.99. The minimum absolute atomic E-state index is 0.000919. The van der Waals surface area contributed by atoms with Gasteiger partial charge in [-0.15, -0.1) is 0 Å². The Balaban J connectivity index is 2.32. The molecule has 6 nitrogen and oxygen atoms in total.